The molecule has 0 amide bonds. The summed E-state index contributed by atoms with van der Waals surface area (Å²) in [6.45, 7) is 5.90. The van der Waals surface area contributed by atoms with Crippen LogP contribution in [-0.4, -0.2) is 72.8 Å². The van der Waals surface area contributed by atoms with Crippen molar-refractivity contribution >= 4 is 28.3 Å². The van der Waals surface area contributed by atoms with Crippen LogP contribution in [0.4, 0.5) is 5.69 Å². The van der Waals surface area contributed by atoms with E-state index in [1.54, 1.807) is 12.3 Å². The first-order chi connectivity index (χ1) is 13.7. The van der Waals surface area contributed by atoms with Gasteiger partial charge in [0, 0.05) is 39.0 Å². The Balaban J connectivity index is 1.39. The van der Waals surface area contributed by atoms with Crippen LogP contribution in [0.25, 0.3) is 11.0 Å². The molecular formula is C20H24ClN5O2. The quantitative estimate of drug-likeness (QED) is 0.746. The van der Waals surface area contributed by atoms with E-state index in [2.05, 4.69) is 25.1 Å². The molecule has 0 saturated carbocycles. The highest BCUT2D eigenvalue weighted by Gasteiger charge is 2.13. The number of allylic oxidation sites excluding steroid dienone is 1. The van der Waals surface area contributed by atoms with E-state index in [1.165, 1.54) is 0 Å². The van der Waals surface area contributed by atoms with Gasteiger partial charge in [0.05, 0.1) is 48.4 Å². The van der Waals surface area contributed by atoms with Gasteiger partial charge in [0.25, 0.3) is 0 Å². The molecule has 28 heavy (non-hydrogen) atoms. The maximum absolute atomic E-state index is 6.02. The number of nitrogens with one attached hydrogen (secondary N) is 1. The highest BCUT2D eigenvalue weighted by atomic mass is 35.5. The van der Waals surface area contributed by atoms with E-state index < -0.39 is 0 Å². The van der Waals surface area contributed by atoms with Gasteiger partial charge in [-0.2, -0.15) is 0 Å². The fraction of sp³-hybridized carbons (Fsp3) is 0.400. The van der Waals surface area contributed by atoms with Gasteiger partial charge >= 0.3 is 0 Å². The first-order valence-electron chi connectivity index (χ1n) is 9.40. The minimum Gasteiger partial charge on any atom is -0.495 e. The Morgan fingerprint density at radius 3 is 2.96 bits per heavy atom. The van der Waals surface area contributed by atoms with Crippen LogP contribution < -0.4 is 5.32 Å². The number of hydrogen-bond acceptors (Lipinski definition) is 7. The molecule has 2 aromatic rings. The van der Waals surface area contributed by atoms with E-state index in [9.17, 15) is 0 Å². The van der Waals surface area contributed by atoms with Crippen molar-refractivity contribution in [2.45, 2.75) is 0 Å². The summed E-state index contributed by atoms with van der Waals surface area (Å²) >= 11 is 5.99. The van der Waals surface area contributed by atoms with Crippen LogP contribution in [0.5, 0.6) is 0 Å². The first-order valence-corrected chi connectivity index (χ1v) is 9.78. The second kappa shape index (κ2) is 8.77. The molecule has 1 saturated heterocycles. The molecule has 0 spiro atoms. The molecular weight excluding hydrogens is 378 g/mol. The van der Waals surface area contributed by atoms with E-state index in [0.717, 1.165) is 67.6 Å². The number of nitrogens with zero attached hydrogens (tertiary/aromatic N) is 4. The topological polar surface area (TPSA) is 62.8 Å². The lowest BCUT2D eigenvalue weighted by molar-refractivity contribution is 0.0267. The summed E-state index contributed by atoms with van der Waals surface area (Å²) in [7, 11) is 2.03. The molecule has 4 heterocycles. The number of ether oxygens (including phenoxy) is 2. The van der Waals surface area contributed by atoms with Crippen LogP contribution in [0.15, 0.2) is 48.1 Å². The van der Waals surface area contributed by atoms with Gasteiger partial charge in [-0.15, -0.1) is 0 Å². The van der Waals surface area contributed by atoms with Crippen LogP contribution in [0.3, 0.4) is 0 Å². The van der Waals surface area contributed by atoms with Crippen molar-refractivity contribution in [1.82, 2.24) is 19.8 Å². The summed E-state index contributed by atoms with van der Waals surface area (Å²) in [6, 6.07) is 5.55. The average Bonchev–Trinajstić information content (AvgIpc) is 2.68. The van der Waals surface area contributed by atoms with Crippen molar-refractivity contribution in [3.8, 4) is 0 Å². The highest BCUT2D eigenvalue weighted by Crippen LogP contribution is 2.21. The van der Waals surface area contributed by atoms with E-state index in [-0.39, 0.29) is 0 Å². The predicted molar refractivity (Wildman–Crippen MR) is 110 cm³/mol. The Morgan fingerprint density at radius 1 is 1.25 bits per heavy atom. The molecule has 2 aliphatic rings. The smallest absolute Gasteiger partial charge is 0.129 e. The van der Waals surface area contributed by atoms with E-state index >= 15 is 0 Å². The molecule has 0 radical (unpaired) electrons. The van der Waals surface area contributed by atoms with Crippen molar-refractivity contribution in [2.24, 2.45) is 0 Å². The lowest BCUT2D eigenvalue weighted by atomic mass is 10.2. The Morgan fingerprint density at radius 2 is 2.11 bits per heavy atom. The molecule has 2 aliphatic heterocycles. The largest absolute Gasteiger partial charge is 0.495 e. The van der Waals surface area contributed by atoms with Crippen LogP contribution >= 0.6 is 11.6 Å². The highest BCUT2D eigenvalue weighted by molar-refractivity contribution is 6.29. The zero-order chi connectivity index (χ0) is 19.3. The summed E-state index contributed by atoms with van der Waals surface area (Å²) < 4.78 is 11.4. The average molecular weight is 402 g/mol. The van der Waals surface area contributed by atoms with Gasteiger partial charge in [0.15, 0.2) is 0 Å². The number of aromatic nitrogens is 2. The predicted octanol–water partition coefficient (Wildman–Crippen LogP) is 2.71. The van der Waals surface area contributed by atoms with E-state index in [4.69, 9.17) is 21.1 Å². The third kappa shape index (κ3) is 4.92. The summed E-state index contributed by atoms with van der Waals surface area (Å²) in [5.74, 6) is 0.940. The monoisotopic (exact) mass is 401 g/mol. The molecule has 8 heteroatoms. The summed E-state index contributed by atoms with van der Waals surface area (Å²) in [4.78, 5) is 13.2. The summed E-state index contributed by atoms with van der Waals surface area (Å²) in [5.41, 5.74) is 3.37. The normalized spacial score (nSPS) is 18.0. The fourth-order valence-corrected chi connectivity index (χ4v) is 3.44. The van der Waals surface area contributed by atoms with Crippen molar-refractivity contribution in [2.75, 3.05) is 58.4 Å². The molecule has 0 bridgehead atoms. The molecule has 0 aliphatic carbocycles. The molecule has 0 unspecified atom stereocenters. The van der Waals surface area contributed by atoms with Crippen LogP contribution in [0, 0.1) is 0 Å². The lowest BCUT2D eigenvalue weighted by Crippen LogP contribution is -2.38. The van der Waals surface area contributed by atoms with Crippen LogP contribution in [0.2, 0.25) is 5.15 Å². The lowest BCUT2D eigenvalue weighted by Gasteiger charge is -2.28. The number of likely N-dealkylation sites (N-methyl/N-ethyl adjacent to an activating group) is 1. The minimum absolute atomic E-state index is 0.457. The number of halogens is 1. The zero-order valence-corrected chi connectivity index (χ0v) is 16.7. The fourth-order valence-electron chi connectivity index (χ4n) is 3.29. The van der Waals surface area contributed by atoms with Gasteiger partial charge in [-0.05, 0) is 18.2 Å². The number of pyridine rings is 2. The summed E-state index contributed by atoms with van der Waals surface area (Å²) in [6.07, 6.45) is 5.87. The molecule has 1 fully saturated rings. The third-order valence-electron chi connectivity index (χ3n) is 4.67. The standard InChI is InChI=1S/C20H24ClN5O2/c1-25-13-16(10-17(14-25)28-9-6-26-4-7-27-8-5-26)23-15-11-19-18(22-12-15)2-3-20(21)24-19/h2-3,10-13,23H,4-9,14H2,1H3. The number of anilines is 1. The van der Waals surface area contributed by atoms with Crippen molar-refractivity contribution in [1.29, 1.82) is 0 Å². The molecule has 2 aromatic heterocycles. The van der Waals surface area contributed by atoms with Gasteiger partial charge in [0.2, 0.25) is 0 Å². The summed E-state index contributed by atoms with van der Waals surface area (Å²) in [5, 5.41) is 3.84. The van der Waals surface area contributed by atoms with Gasteiger partial charge in [0.1, 0.15) is 17.5 Å². The zero-order valence-electron chi connectivity index (χ0n) is 15.9. The SMILES string of the molecule is CN1C=C(Nc2cnc3ccc(Cl)nc3c2)C=C(OCCN2CCOCC2)C1. The maximum Gasteiger partial charge on any atom is 0.129 e. The molecule has 0 aromatic carbocycles. The third-order valence-corrected chi connectivity index (χ3v) is 4.88. The maximum atomic E-state index is 6.02. The minimum atomic E-state index is 0.457. The Bertz CT molecular complexity index is 895. The van der Waals surface area contributed by atoms with E-state index in [0.29, 0.717) is 11.8 Å². The van der Waals surface area contributed by atoms with Crippen LogP contribution in [-0.2, 0) is 9.47 Å². The second-order valence-corrected chi connectivity index (χ2v) is 7.32. The number of fused-ring (bicyclic) bond motifs is 1. The van der Waals surface area contributed by atoms with Gasteiger partial charge in [-0.3, -0.25) is 9.88 Å². The molecule has 1 N–H and O–H groups in total. The number of morpholine rings is 1. The number of hydrogen-bond donors (Lipinski definition) is 1. The van der Waals surface area contributed by atoms with Gasteiger partial charge in [-0.1, -0.05) is 11.6 Å². The van der Waals surface area contributed by atoms with Crippen molar-refractivity contribution in [3.05, 3.63) is 53.3 Å². The van der Waals surface area contributed by atoms with Crippen molar-refractivity contribution < 1.29 is 9.47 Å². The first kappa shape index (κ1) is 19.0. The Kier molecular flexibility index (Phi) is 5.95. The molecule has 4 rings (SSSR count). The Labute approximate surface area is 169 Å². The van der Waals surface area contributed by atoms with Crippen LogP contribution in [0.1, 0.15) is 0 Å². The second-order valence-electron chi connectivity index (χ2n) is 6.93. The van der Waals surface area contributed by atoms with Gasteiger partial charge < -0.3 is 19.7 Å². The van der Waals surface area contributed by atoms with Crippen molar-refractivity contribution in [3.63, 3.8) is 0 Å². The molecule has 148 valence electrons. The van der Waals surface area contributed by atoms with Gasteiger partial charge in [-0.25, -0.2) is 4.98 Å². The number of rotatable bonds is 6. The Hall–Kier alpha value is -2.35. The van der Waals surface area contributed by atoms with E-state index in [1.807, 2.05) is 31.5 Å². The molecule has 0 atom stereocenters. The molecule has 7 nitrogen and oxygen atoms in total.